The Balaban J connectivity index is 1.75. The van der Waals surface area contributed by atoms with Gasteiger partial charge in [0.05, 0.1) is 17.9 Å². The Morgan fingerprint density at radius 1 is 1.20 bits per heavy atom. The number of nitrogens with zero attached hydrogens (tertiary/aromatic N) is 4. The summed E-state index contributed by atoms with van der Waals surface area (Å²) >= 11 is 0. The van der Waals surface area contributed by atoms with Gasteiger partial charge in [-0.15, -0.1) is 0 Å². The summed E-state index contributed by atoms with van der Waals surface area (Å²) in [5.74, 6) is 0.395. The average molecular weight is 268 g/mol. The minimum absolute atomic E-state index is 0.369. The number of fused-ring (bicyclic) bond motifs is 1. The maximum Gasteiger partial charge on any atom is 0.324 e. The van der Waals surface area contributed by atoms with E-state index in [0.717, 1.165) is 10.9 Å². The SMILES string of the molecule is Cn1ncc2ccc(NC(=O)Nc3cnccn3)cc21. The van der Waals surface area contributed by atoms with Crippen LogP contribution >= 0.6 is 0 Å². The predicted octanol–water partition coefficient (Wildman–Crippen LogP) is 2.01. The van der Waals surface area contributed by atoms with Crippen molar-refractivity contribution < 1.29 is 4.79 Å². The highest BCUT2D eigenvalue weighted by atomic mass is 16.2. The molecule has 0 spiro atoms. The third-order valence-corrected chi connectivity index (χ3v) is 2.81. The van der Waals surface area contributed by atoms with Crippen molar-refractivity contribution in [2.75, 3.05) is 10.6 Å². The van der Waals surface area contributed by atoms with Crippen LogP contribution in [0.25, 0.3) is 10.9 Å². The highest BCUT2D eigenvalue weighted by Gasteiger charge is 2.05. The van der Waals surface area contributed by atoms with Crippen molar-refractivity contribution in [2.24, 2.45) is 7.05 Å². The normalized spacial score (nSPS) is 10.4. The molecule has 100 valence electrons. The predicted molar refractivity (Wildman–Crippen MR) is 75.4 cm³/mol. The third kappa shape index (κ3) is 2.41. The number of hydrogen-bond donors (Lipinski definition) is 2. The van der Waals surface area contributed by atoms with Crippen LogP contribution < -0.4 is 10.6 Å². The number of urea groups is 1. The maximum atomic E-state index is 11.8. The van der Waals surface area contributed by atoms with E-state index in [2.05, 4.69) is 25.7 Å². The molecule has 2 N–H and O–H groups in total. The lowest BCUT2D eigenvalue weighted by Gasteiger charge is -2.07. The van der Waals surface area contributed by atoms with Crippen LogP contribution in [0, 0.1) is 0 Å². The number of rotatable bonds is 2. The van der Waals surface area contributed by atoms with Gasteiger partial charge >= 0.3 is 6.03 Å². The van der Waals surface area contributed by atoms with Crippen LogP contribution in [0.1, 0.15) is 0 Å². The summed E-state index contributed by atoms with van der Waals surface area (Å²) < 4.78 is 1.75. The number of hydrogen-bond acceptors (Lipinski definition) is 4. The van der Waals surface area contributed by atoms with Gasteiger partial charge in [-0.25, -0.2) is 9.78 Å². The van der Waals surface area contributed by atoms with Gasteiger partial charge in [-0.2, -0.15) is 5.10 Å². The Morgan fingerprint density at radius 3 is 2.90 bits per heavy atom. The van der Waals surface area contributed by atoms with E-state index in [1.165, 1.54) is 12.4 Å². The molecule has 0 aliphatic heterocycles. The lowest BCUT2D eigenvalue weighted by molar-refractivity contribution is 0.262. The molecule has 7 heteroatoms. The Bertz CT molecular complexity index is 752. The molecule has 7 nitrogen and oxygen atoms in total. The van der Waals surface area contributed by atoms with Crippen molar-refractivity contribution in [3.05, 3.63) is 43.0 Å². The molecule has 0 aliphatic carbocycles. The third-order valence-electron chi connectivity index (χ3n) is 2.81. The van der Waals surface area contributed by atoms with Gasteiger partial charge < -0.3 is 5.32 Å². The van der Waals surface area contributed by atoms with Crippen molar-refractivity contribution in [1.29, 1.82) is 0 Å². The van der Waals surface area contributed by atoms with E-state index in [1.807, 2.05) is 25.2 Å². The minimum atomic E-state index is -0.369. The molecule has 0 bridgehead atoms. The van der Waals surface area contributed by atoms with Crippen LogP contribution in [0.3, 0.4) is 0 Å². The monoisotopic (exact) mass is 268 g/mol. The summed E-state index contributed by atoms with van der Waals surface area (Å²) in [5, 5.41) is 10.5. The van der Waals surface area contributed by atoms with E-state index in [0.29, 0.717) is 11.5 Å². The Labute approximate surface area is 114 Å². The molecule has 0 unspecified atom stereocenters. The standard InChI is InChI=1S/C13H12N6O/c1-19-11-6-10(3-2-9(11)7-16-19)17-13(20)18-12-8-14-4-5-15-12/h2-8H,1H3,(H2,15,17,18,20). The zero-order valence-electron chi connectivity index (χ0n) is 10.7. The van der Waals surface area contributed by atoms with Gasteiger partial charge in [0.15, 0.2) is 5.82 Å². The molecule has 0 saturated carbocycles. The fourth-order valence-electron chi connectivity index (χ4n) is 1.86. The Kier molecular flexibility index (Phi) is 3.00. The van der Waals surface area contributed by atoms with Crippen molar-refractivity contribution in [3.63, 3.8) is 0 Å². The second kappa shape index (κ2) is 4.96. The highest BCUT2D eigenvalue weighted by molar-refractivity contribution is 6.00. The molecule has 3 aromatic rings. The zero-order valence-corrected chi connectivity index (χ0v) is 10.7. The van der Waals surface area contributed by atoms with Gasteiger partial charge in [-0.05, 0) is 18.2 Å². The van der Waals surface area contributed by atoms with Crippen molar-refractivity contribution in [1.82, 2.24) is 19.7 Å². The van der Waals surface area contributed by atoms with Gasteiger partial charge in [0, 0.05) is 30.5 Å². The first kappa shape index (κ1) is 12.1. The maximum absolute atomic E-state index is 11.8. The molecule has 0 saturated heterocycles. The number of carbonyl (C=O) groups is 1. The quantitative estimate of drug-likeness (QED) is 0.744. The molecule has 2 aromatic heterocycles. The van der Waals surface area contributed by atoms with Gasteiger partial charge in [-0.1, -0.05) is 0 Å². The lowest BCUT2D eigenvalue weighted by Crippen LogP contribution is -2.20. The number of anilines is 2. The molecule has 1 aromatic carbocycles. The summed E-state index contributed by atoms with van der Waals surface area (Å²) in [6.07, 6.45) is 6.30. The van der Waals surface area contributed by atoms with Crippen molar-refractivity contribution in [2.45, 2.75) is 0 Å². The number of nitrogens with one attached hydrogen (secondary N) is 2. The molecule has 2 amide bonds. The molecule has 0 radical (unpaired) electrons. The Hall–Kier alpha value is -2.96. The number of aromatic nitrogens is 4. The number of carbonyl (C=O) groups excluding carboxylic acids is 1. The number of aryl methyl sites for hydroxylation is 1. The number of amides is 2. The first-order valence-electron chi connectivity index (χ1n) is 5.98. The second-order valence-electron chi connectivity index (χ2n) is 4.21. The average Bonchev–Trinajstić information content (AvgIpc) is 2.81. The second-order valence-corrected chi connectivity index (χ2v) is 4.21. The fraction of sp³-hybridized carbons (Fsp3) is 0.0769. The van der Waals surface area contributed by atoms with Crippen LogP contribution in [-0.4, -0.2) is 25.8 Å². The van der Waals surface area contributed by atoms with Gasteiger partial charge in [0.1, 0.15) is 0 Å². The number of benzene rings is 1. The molecule has 0 aliphatic rings. The zero-order chi connectivity index (χ0) is 13.9. The van der Waals surface area contributed by atoms with E-state index in [9.17, 15) is 4.79 Å². The largest absolute Gasteiger partial charge is 0.324 e. The van der Waals surface area contributed by atoms with E-state index >= 15 is 0 Å². The van der Waals surface area contributed by atoms with E-state index in [1.54, 1.807) is 17.1 Å². The summed E-state index contributed by atoms with van der Waals surface area (Å²) in [6.45, 7) is 0. The molecular formula is C13H12N6O. The minimum Gasteiger partial charge on any atom is -0.308 e. The molecule has 20 heavy (non-hydrogen) atoms. The van der Waals surface area contributed by atoms with Gasteiger partial charge in [0.2, 0.25) is 0 Å². The highest BCUT2D eigenvalue weighted by Crippen LogP contribution is 2.18. The first-order chi connectivity index (χ1) is 9.72. The summed E-state index contributed by atoms with van der Waals surface area (Å²) in [4.78, 5) is 19.7. The van der Waals surface area contributed by atoms with Crippen LogP contribution in [0.4, 0.5) is 16.3 Å². The topological polar surface area (TPSA) is 84.7 Å². The molecule has 2 heterocycles. The van der Waals surface area contributed by atoms with Gasteiger partial charge in [0.25, 0.3) is 0 Å². The van der Waals surface area contributed by atoms with Crippen LogP contribution in [0.2, 0.25) is 0 Å². The van der Waals surface area contributed by atoms with Crippen molar-refractivity contribution in [3.8, 4) is 0 Å². The summed E-state index contributed by atoms with van der Waals surface area (Å²) in [5.41, 5.74) is 1.63. The van der Waals surface area contributed by atoms with Crippen LogP contribution in [0.5, 0.6) is 0 Å². The smallest absolute Gasteiger partial charge is 0.308 e. The summed E-state index contributed by atoms with van der Waals surface area (Å²) in [7, 11) is 1.85. The fourth-order valence-corrected chi connectivity index (χ4v) is 1.86. The molecular weight excluding hydrogens is 256 g/mol. The Morgan fingerprint density at radius 2 is 2.10 bits per heavy atom. The van der Waals surface area contributed by atoms with Gasteiger partial charge in [-0.3, -0.25) is 15.0 Å². The van der Waals surface area contributed by atoms with E-state index in [4.69, 9.17) is 0 Å². The van der Waals surface area contributed by atoms with Crippen LogP contribution in [-0.2, 0) is 7.05 Å². The molecule has 3 rings (SSSR count). The first-order valence-corrected chi connectivity index (χ1v) is 5.98. The van der Waals surface area contributed by atoms with E-state index < -0.39 is 0 Å². The van der Waals surface area contributed by atoms with Crippen molar-refractivity contribution >= 4 is 28.4 Å². The van der Waals surface area contributed by atoms with Crippen LogP contribution in [0.15, 0.2) is 43.0 Å². The summed E-state index contributed by atoms with van der Waals surface area (Å²) in [6, 6.07) is 5.21. The molecule has 0 fully saturated rings. The van der Waals surface area contributed by atoms with E-state index in [-0.39, 0.29) is 6.03 Å². The lowest BCUT2D eigenvalue weighted by atomic mass is 10.2. The molecule has 0 atom stereocenters.